The smallest absolute Gasteiger partial charge is 0.213 e. The normalized spacial score (nSPS) is 12.9. The number of carbonyl (C=O) groups excluding carboxylic acids is 2. The zero-order valence-corrected chi connectivity index (χ0v) is 10.9. The Bertz CT molecular complexity index is 765. The number of methoxy groups -OCH3 is 1. The summed E-state index contributed by atoms with van der Waals surface area (Å²) >= 11 is 0. The molecule has 5 nitrogen and oxygen atoms in total. The van der Waals surface area contributed by atoms with Gasteiger partial charge >= 0.3 is 0 Å². The van der Waals surface area contributed by atoms with Crippen LogP contribution < -0.4 is 4.74 Å². The minimum absolute atomic E-state index is 0.0158. The van der Waals surface area contributed by atoms with E-state index in [0.717, 1.165) is 0 Å². The lowest BCUT2D eigenvalue weighted by atomic mass is 9.84. The molecule has 1 aliphatic rings. The van der Waals surface area contributed by atoms with Gasteiger partial charge in [-0.3, -0.25) is 14.6 Å². The van der Waals surface area contributed by atoms with Gasteiger partial charge < -0.3 is 9.84 Å². The molecule has 100 valence electrons. The van der Waals surface area contributed by atoms with Crippen LogP contribution in [0, 0.1) is 6.92 Å². The Morgan fingerprint density at radius 2 is 1.85 bits per heavy atom. The van der Waals surface area contributed by atoms with Crippen molar-refractivity contribution in [2.45, 2.75) is 6.92 Å². The molecule has 0 radical (unpaired) electrons. The Morgan fingerprint density at radius 3 is 2.55 bits per heavy atom. The van der Waals surface area contributed by atoms with Gasteiger partial charge in [-0.15, -0.1) is 0 Å². The topological polar surface area (TPSA) is 76.5 Å². The molecule has 0 spiro atoms. The molecular weight excluding hydrogens is 258 g/mol. The maximum absolute atomic E-state index is 12.6. The number of hydrogen-bond acceptors (Lipinski definition) is 5. The number of ether oxygens (including phenoxy) is 1. The molecule has 0 saturated carbocycles. The molecule has 5 heteroatoms. The van der Waals surface area contributed by atoms with E-state index in [2.05, 4.69) is 4.98 Å². The van der Waals surface area contributed by atoms with Crippen LogP contribution in [0.4, 0.5) is 0 Å². The lowest BCUT2D eigenvalue weighted by molar-refractivity contribution is 0.0972. The number of hydrogen-bond donors (Lipinski definition) is 1. The largest absolute Gasteiger partial charge is 0.504 e. The standard InChI is InChI=1S/C15H11NO4/c1-7-5-6-16-12-10(7)15(19)11-8(13(12)17)3-4-9(20-2)14(11)18/h3-6,18H,1-2H3. The number of benzene rings is 1. The number of rotatable bonds is 1. The number of ketones is 2. The molecule has 0 amide bonds. The second-order valence-corrected chi connectivity index (χ2v) is 4.55. The van der Waals surface area contributed by atoms with Crippen molar-refractivity contribution in [2.24, 2.45) is 0 Å². The maximum atomic E-state index is 12.6. The highest BCUT2D eigenvalue weighted by Gasteiger charge is 2.35. The van der Waals surface area contributed by atoms with E-state index in [1.54, 1.807) is 13.0 Å². The van der Waals surface area contributed by atoms with Crippen LogP contribution >= 0.6 is 0 Å². The van der Waals surface area contributed by atoms with Crippen molar-refractivity contribution in [1.29, 1.82) is 0 Å². The van der Waals surface area contributed by atoms with Crippen molar-refractivity contribution in [3.05, 3.63) is 52.3 Å². The van der Waals surface area contributed by atoms with Gasteiger partial charge in [-0.05, 0) is 30.7 Å². The summed E-state index contributed by atoms with van der Waals surface area (Å²) in [7, 11) is 1.39. The van der Waals surface area contributed by atoms with Crippen LogP contribution in [0.1, 0.15) is 37.5 Å². The zero-order valence-electron chi connectivity index (χ0n) is 10.9. The van der Waals surface area contributed by atoms with Gasteiger partial charge in [-0.2, -0.15) is 0 Å². The Balaban J connectivity index is 2.36. The molecule has 1 aromatic heterocycles. The number of fused-ring (bicyclic) bond motifs is 2. The van der Waals surface area contributed by atoms with E-state index in [9.17, 15) is 14.7 Å². The second kappa shape index (κ2) is 4.16. The number of pyridine rings is 1. The summed E-state index contributed by atoms with van der Waals surface area (Å²) < 4.78 is 4.98. The van der Waals surface area contributed by atoms with Gasteiger partial charge in [-0.1, -0.05) is 0 Å². The van der Waals surface area contributed by atoms with Crippen LogP contribution in [0.2, 0.25) is 0 Å². The van der Waals surface area contributed by atoms with Gasteiger partial charge in [-0.25, -0.2) is 0 Å². The van der Waals surface area contributed by atoms with Gasteiger partial charge in [0.1, 0.15) is 5.69 Å². The van der Waals surface area contributed by atoms with Crippen LogP contribution in [0.3, 0.4) is 0 Å². The average molecular weight is 269 g/mol. The molecule has 0 bridgehead atoms. The van der Waals surface area contributed by atoms with Crippen molar-refractivity contribution >= 4 is 11.6 Å². The Hall–Kier alpha value is -2.69. The van der Waals surface area contributed by atoms with Crippen LogP contribution in [-0.2, 0) is 0 Å². The third-order valence-corrected chi connectivity index (χ3v) is 3.43. The molecule has 2 aromatic rings. The highest BCUT2D eigenvalue weighted by atomic mass is 16.5. The summed E-state index contributed by atoms with van der Waals surface area (Å²) in [4.78, 5) is 28.9. The molecule has 1 N–H and O–H groups in total. The minimum atomic E-state index is -0.406. The third kappa shape index (κ3) is 1.46. The fourth-order valence-corrected chi connectivity index (χ4v) is 2.43. The SMILES string of the molecule is COc1ccc2c(c1O)C(=O)c1c(C)ccnc1C2=O. The predicted octanol–water partition coefficient (Wildman–Crippen LogP) is 1.88. The van der Waals surface area contributed by atoms with Gasteiger partial charge in [0.2, 0.25) is 5.78 Å². The number of aromatic hydroxyl groups is 1. The third-order valence-electron chi connectivity index (χ3n) is 3.43. The van der Waals surface area contributed by atoms with Crippen molar-refractivity contribution in [1.82, 2.24) is 4.98 Å². The first-order chi connectivity index (χ1) is 9.56. The molecule has 1 aromatic carbocycles. The fourth-order valence-electron chi connectivity index (χ4n) is 2.43. The van der Waals surface area contributed by atoms with Crippen LogP contribution in [0.15, 0.2) is 24.4 Å². The van der Waals surface area contributed by atoms with E-state index >= 15 is 0 Å². The second-order valence-electron chi connectivity index (χ2n) is 4.55. The lowest BCUT2D eigenvalue weighted by Gasteiger charge is -2.19. The number of nitrogens with zero attached hydrogens (tertiary/aromatic N) is 1. The summed E-state index contributed by atoms with van der Waals surface area (Å²) in [5, 5.41) is 10.1. The highest BCUT2D eigenvalue weighted by Crippen LogP contribution is 2.38. The van der Waals surface area contributed by atoms with Crippen molar-refractivity contribution in [3.8, 4) is 11.5 Å². The fraction of sp³-hybridized carbons (Fsp3) is 0.133. The van der Waals surface area contributed by atoms with Crippen molar-refractivity contribution < 1.29 is 19.4 Å². The van der Waals surface area contributed by atoms with E-state index < -0.39 is 5.78 Å². The van der Waals surface area contributed by atoms with E-state index in [-0.39, 0.29) is 39.7 Å². The number of carbonyl (C=O) groups is 2. The Labute approximate surface area is 114 Å². The van der Waals surface area contributed by atoms with E-state index in [4.69, 9.17) is 4.74 Å². The predicted molar refractivity (Wildman–Crippen MR) is 70.5 cm³/mol. The van der Waals surface area contributed by atoms with Gasteiger partial charge in [0.05, 0.1) is 18.2 Å². The minimum Gasteiger partial charge on any atom is -0.504 e. The van der Waals surface area contributed by atoms with Crippen LogP contribution in [-0.4, -0.2) is 28.8 Å². The molecule has 0 fully saturated rings. The summed E-state index contributed by atoms with van der Waals surface area (Å²) in [5.74, 6) is -0.917. The Morgan fingerprint density at radius 1 is 1.10 bits per heavy atom. The van der Waals surface area contributed by atoms with Gasteiger partial charge in [0.15, 0.2) is 17.3 Å². The average Bonchev–Trinajstić information content (AvgIpc) is 2.44. The van der Waals surface area contributed by atoms with Gasteiger partial charge in [0, 0.05) is 11.8 Å². The maximum Gasteiger partial charge on any atom is 0.213 e. The van der Waals surface area contributed by atoms with E-state index in [0.29, 0.717) is 5.56 Å². The number of aromatic nitrogens is 1. The first-order valence-corrected chi connectivity index (χ1v) is 6.01. The molecular formula is C15H11NO4. The number of phenolic OH excluding ortho intramolecular Hbond substituents is 1. The molecule has 20 heavy (non-hydrogen) atoms. The monoisotopic (exact) mass is 269 g/mol. The summed E-state index contributed by atoms with van der Waals surface area (Å²) in [6.45, 7) is 1.73. The quantitative estimate of drug-likeness (QED) is 0.730. The van der Waals surface area contributed by atoms with E-state index in [1.807, 2.05) is 0 Å². The molecule has 0 unspecified atom stereocenters. The highest BCUT2D eigenvalue weighted by molar-refractivity contribution is 6.29. The molecule has 0 atom stereocenters. The first kappa shape index (κ1) is 12.3. The first-order valence-electron chi connectivity index (χ1n) is 6.01. The Kier molecular flexibility index (Phi) is 2.57. The molecule has 0 aliphatic heterocycles. The lowest BCUT2D eigenvalue weighted by Crippen LogP contribution is -2.23. The van der Waals surface area contributed by atoms with Crippen LogP contribution in [0.5, 0.6) is 11.5 Å². The molecule has 3 rings (SSSR count). The summed E-state index contributed by atoms with van der Waals surface area (Å²) in [6, 6.07) is 4.59. The van der Waals surface area contributed by atoms with Crippen LogP contribution in [0.25, 0.3) is 0 Å². The summed E-state index contributed by atoms with van der Waals surface area (Å²) in [5.41, 5.74) is 1.17. The zero-order chi connectivity index (χ0) is 14.4. The van der Waals surface area contributed by atoms with Gasteiger partial charge in [0.25, 0.3) is 0 Å². The number of aryl methyl sites for hydroxylation is 1. The van der Waals surface area contributed by atoms with Crippen molar-refractivity contribution in [2.75, 3.05) is 7.11 Å². The number of phenols is 1. The molecule has 1 aliphatic carbocycles. The summed E-state index contributed by atoms with van der Waals surface area (Å²) in [6.07, 6.45) is 1.49. The van der Waals surface area contributed by atoms with Crippen molar-refractivity contribution in [3.63, 3.8) is 0 Å². The van der Waals surface area contributed by atoms with E-state index in [1.165, 1.54) is 25.4 Å². The molecule has 1 heterocycles. The molecule has 0 saturated heterocycles.